The molecule has 0 saturated heterocycles. The lowest BCUT2D eigenvalue weighted by Crippen LogP contribution is -2.51. The maximum atomic E-state index is 13.7. The summed E-state index contributed by atoms with van der Waals surface area (Å²) in [4.78, 5) is 36.6. The number of imidazole rings is 1. The van der Waals surface area contributed by atoms with E-state index in [0.717, 1.165) is 22.2 Å². The van der Waals surface area contributed by atoms with E-state index in [1.807, 2.05) is 92.7 Å². The van der Waals surface area contributed by atoms with E-state index in [2.05, 4.69) is 10.3 Å². The molecule has 0 fully saturated rings. The molecule has 2 heterocycles. The predicted molar refractivity (Wildman–Crippen MR) is 127 cm³/mol. The van der Waals surface area contributed by atoms with Gasteiger partial charge >= 0.3 is 0 Å². The summed E-state index contributed by atoms with van der Waals surface area (Å²) in [5, 5.41) is 3.19. The van der Waals surface area contributed by atoms with Crippen LogP contribution in [0.25, 0.3) is 11.0 Å². The number of nitrogens with one attached hydrogen (secondary N) is 2. The van der Waals surface area contributed by atoms with Crippen LogP contribution in [0.3, 0.4) is 0 Å². The summed E-state index contributed by atoms with van der Waals surface area (Å²) in [5.41, 5.74) is 4.30. The molecule has 0 aliphatic carbocycles. The monoisotopic (exact) mass is 438 g/mol. The molecule has 6 heteroatoms. The second-order valence-corrected chi connectivity index (χ2v) is 8.77. The number of para-hydroxylation sites is 2. The van der Waals surface area contributed by atoms with Gasteiger partial charge in [-0.2, -0.15) is 0 Å². The highest BCUT2D eigenvalue weighted by atomic mass is 16.2. The Balaban J connectivity index is 1.48. The fourth-order valence-electron chi connectivity index (χ4n) is 4.60. The van der Waals surface area contributed by atoms with Gasteiger partial charge < -0.3 is 15.2 Å². The minimum absolute atomic E-state index is 0.0599. The Labute approximate surface area is 192 Å². The van der Waals surface area contributed by atoms with E-state index in [0.29, 0.717) is 17.9 Å². The topological polar surface area (TPSA) is 78.1 Å². The van der Waals surface area contributed by atoms with Crippen LogP contribution in [0.4, 0.5) is 0 Å². The van der Waals surface area contributed by atoms with Gasteiger partial charge in [-0.25, -0.2) is 4.98 Å². The number of carbonyl (C=O) groups excluding carboxylic acids is 2. The summed E-state index contributed by atoms with van der Waals surface area (Å²) in [6, 6.07) is 24.1. The Bertz CT molecular complexity index is 1280. The number of carbonyl (C=O) groups is 2. The average molecular weight is 439 g/mol. The molecule has 33 heavy (non-hydrogen) atoms. The van der Waals surface area contributed by atoms with Gasteiger partial charge in [0.2, 0.25) is 5.91 Å². The summed E-state index contributed by atoms with van der Waals surface area (Å²) in [7, 11) is 0. The number of aromatic amines is 1. The number of hydrogen-bond acceptors (Lipinski definition) is 3. The third-order valence-electron chi connectivity index (χ3n) is 6.19. The number of fused-ring (bicyclic) bond motifs is 2. The summed E-state index contributed by atoms with van der Waals surface area (Å²) in [5.74, 6) is 0.310. The van der Waals surface area contributed by atoms with Crippen LogP contribution < -0.4 is 5.32 Å². The molecule has 0 saturated carbocycles. The molecule has 1 aliphatic heterocycles. The van der Waals surface area contributed by atoms with Crippen molar-refractivity contribution in [3.63, 3.8) is 0 Å². The minimum Gasteiger partial charge on any atom is -0.340 e. The SMILES string of the molecule is CC(C)[C@@H](C(=O)N[C@@H](c1ccccc1)c1nc2ccccc2[nH]1)N1Cc2ccccc2C1=O. The molecular weight excluding hydrogens is 412 g/mol. The van der Waals surface area contributed by atoms with E-state index >= 15 is 0 Å². The molecule has 0 radical (unpaired) electrons. The molecular formula is C27H26N4O2. The maximum absolute atomic E-state index is 13.7. The Morgan fingerprint density at radius 3 is 2.39 bits per heavy atom. The number of H-pyrrole nitrogens is 1. The molecule has 3 aromatic carbocycles. The lowest BCUT2D eigenvalue weighted by Gasteiger charge is -2.31. The molecule has 5 rings (SSSR count). The quantitative estimate of drug-likeness (QED) is 0.467. The van der Waals surface area contributed by atoms with Crippen LogP contribution in [0.5, 0.6) is 0 Å². The van der Waals surface area contributed by atoms with E-state index < -0.39 is 12.1 Å². The van der Waals surface area contributed by atoms with Crippen LogP contribution in [-0.4, -0.2) is 32.7 Å². The number of hydrogen-bond donors (Lipinski definition) is 2. The maximum Gasteiger partial charge on any atom is 0.255 e. The van der Waals surface area contributed by atoms with Crippen LogP contribution in [0.15, 0.2) is 78.9 Å². The third-order valence-corrected chi connectivity index (χ3v) is 6.19. The van der Waals surface area contributed by atoms with Gasteiger partial charge in [0, 0.05) is 12.1 Å². The highest BCUT2D eigenvalue weighted by molar-refractivity contribution is 6.01. The highest BCUT2D eigenvalue weighted by Gasteiger charge is 2.39. The van der Waals surface area contributed by atoms with Gasteiger partial charge in [0.25, 0.3) is 5.91 Å². The number of nitrogens with zero attached hydrogens (tertiary/aromatic N) is 2. The van der Waals surface area contributed by atoms with E-state index in [-0.39, 0.29) is 17.7 Å². The van der Waals surface area contributed by atoms with Gasteiger partial charge in [0.1, 0.15) is 17.9 Å². The molecule has 0 unspecified atom stereocenters. The van der Waals surface area contributed by atoms with Gasteiger partial charge in [0.05, 0.1) is 11.0 Å². The third kappa shape index (κ3) is 3.89. The first-order chi connectivity index (χ1) is 16.0. The fraction of sp³-hybridized carbons (Fsp3) is 0.222. The van der Waals surface area contributed by atoms with Gasteiger partial charge in [-0.1, -0.05) is 74.5 Å². The summed E-state index contributed by atoms with van der Waals surface area (Å²) in [6.07, 6.45) is 0. The number of benzene rings is 3. The smallest absolute Gasteiger partial charge is 0.255 e. The lowest BCUT2D eigenvalue weighted by atomic mass is 9.99. The summed E-state index contributed by atoms with van der Waals surface area (Å²) < 4.78 is 0. The zero-order valence-electron chi connectivity index (χ0n) is 18.7. The van der Waals surface area contributed by atoms with Crippen LogP contribution in [0.2, 0.25) is 0 Å². The molecule has 6 nitrogen and oxygen atoms in total. The van der Waals surface area contributed by atoms with Crippen molar-refractivity contribution in [3.8, 4) is 0 Å². The molecule has 1 aromatic heterocycles. The van der Waals surface area contributed by atoms with Crippen LogP contribution >= 0.6 is 0 Å². The van der Waals surface area contributed by atoms with Gasteiger partial charge in [0.15, 0.2) is 0 Å². The van der Waals surface area contributed by atoms with E-state index in [4.69, 9.17) is 4.98 Å². The Hall–Kier alpha value is -3.93. The van der Waals surface area contributed by atoms with Crippen LogP contribution in [-0.2, 0) is 11.3 Å². The zero-order chi connectivity index (χ0) is 22.9. The molecule has 0 bridgehead atoms. The fourth-order valence-corrected chi connectivity index (χ4v) is 4.60. The van der Waals surface area contributed by atoms with Crippen LogP contribution in [0, 0.1) is 5.92 Å². The van der Waals surface area contributed by atoms with Gasteiger partial charge in [-0.3, -0.25) is 9.59 Å². The van der Waals surface area contributed by atoms with Crippen molar-refractivity contribution in [2.75, 3.05) is 0 Å². The summed E-state index contributed by atoms with van der Waals surface area (Å²) in [6.45, 7) is 4.38. The van der Waals surface area contributed by atoms with Crippen molar-refractivity contribution in [1.82, 2.24) is 20.2 Å². The molecule has 166 valence electrons. The van der Waals surface area contributed by atoms with E-state index in [9.17, 15) is 9.59 Å². The first-order valence-corrected chi connectivity index (χ1v) is 11.2. The van der Waals surface area contributed by atoms with Crippen molar-refractivity contribution < 1.29 is 9.59 Å². The normalized spacial score (nSPS) is 15.0. The second kappa shape index (κ2) is 8.54. The van der Waals surface area contributed by atoms with Crippen LogP contribution in [0.1, 0.15) is 47.2 Å². The number of amides is 2. The average Bonchev–Trinajstić information content (AvgIpc) is 3.39. The molecule has 2 amide bonds. The second-order valence-electron chi connectivity index (χ2n) is 8.77. The molecule has 0 spiro atoms. The largest absolute Gasteiger partial charge is 0.340 e. The van der Waals surface area contributed by atoms with E-state index in [1.165, 1.54) is 0 Å². The van der Waals surface area contributed by atoms with E-state index in [1.54, 1.807) is 4.90 Å². The van der Waals surface area contributed by atoms with Crippen molar-refractivity contribution in [3.05, 3.63) is 101 Å². The lowest BCUT2D eigenvalue weighted by molar-refractivity contribution is -0.127. The van der Waals surface area contributed by atoms with Gasteiger partial charge in [-0.15, -0.1) is 0 Å². The van der Waals surface area contributed by atoms with Gasteiger partial charge in [-0.05, 0) is 35.2 Å². The molecule has 2 N–H and O–H groups in total. The number of rotatable bonds is 6. The highest BCUT2D eigenvalue weighted by Crippen LogP contribution is 2.29. The van der Waals surface area contributed by atoms with Crippen molar-refractivity contribution >= 4 is 22.8 Å². The zero-order valence-corrected chi connectivity index (χ0v) is 18.7. The Kier molecular flexibility index (Phi) is 5.42. The molecule has 2 atom stereocenters. The first-order valence-electron chi connectivity index (χ1n) is 11.2. The Morgan fingerprint density at radius 1 is 0.970 bits per heavy atom. The predicted octanol–water partition coefficient (Wildman–Crippen LogP) is 4.45. The van der Waals surface area contributed by atoms with Crippen molar-refractivity contribution in [1.29, 1.82) is 0 Å². The Morgan fingerprint density at radius 2 is 1.67 bits per heavy atom. The summed E-state index contributed by atoms with van der Waals surface area (Å²) >= 11 is 0. The minimum atomic E-state index is -0.597. The van der Waals surface area contributed by atoms with Crippen molar-refractivity contribution in [2.24, 2.45) is 5.92 Å². The molecule has 4 aromatic rings. The standard InChI is InChI=1S/C27H26N4O2/c1-17(2)24(31-16-19-12-6-7-13-20(19)27(31)33)26(32)30-23(18-10-4-3-5-11-18)25-28-21-14-8-9-15-22(21)29-25/h3-15,17,23-24H,16H2,1-2H3,(H,28,29)(H,30,32)/t23-,24-/m0/s1. The number of aromatic nitrogens is 2. The van der Waals surface area contributed by atoms with Crippen molar-refractivity contribution in [2.45, 2.75) is 32.5 Å². The molecule has 1 aliphatic rings. The first kappa shape index (κ1) is 20.9.